The van der Waals surface area contributed by atoms with Crippen LogP contribution < -0.4 is 0 Å². The van der Waals surface area contributed by atoms with Crippen LogP contribution in [0.1, 0.15) is 45.6 Å². The van der Waals surface area contributed by atoms with Crippen LogP contribution in [-0.2, 0) is 16.0 Å². The quantitative estimate of drug-likeness (QED) is 0.299. The van der Waals surface area contributed by atoms with Gasteiger partial charge in [0.05, 0.1) is 5.92 Å². The Hall–Kier alpha value is -1.88. The largest absolute Gasteiger partial charge is 0.479 e. The molecule has 1 aliphatic heterocycles. The Morgan fingerprint density at radius 1 is 1.30 bits per heavy atom. The molecule has 2 atom stereocenters. The molecule has 0 spiro atoms. The van der Waals surface area contributed by atoms with Crippen LogP contribution in [0.25, 0.3) is 0 Å². The second-order valence-electron chi connectivity index (χ2n) is 9.15. The van der Waals surface area contributed by atoms with E-state index < -0.39 is 25.7 Å². The minimum atomic E-state index is -2.34. The van der Waals surface area contributed by atoms with Gasteiger partial charge in [-0.15, -0.1) is 6.58 Å². The van der Waals surface area contributed by atoms with Crippen molar-refractivity contribution in [2.75, 3.05) is 0 Å². The van der Waals surface area contributed by atoms with Gasteiger partial charge in [-0.3, -0.25) is 4.79 Å². The first-order valence-electron chi connectivity index (χ1n) is 9.72. The average molecular weight is 388 g/mol. The van der Waals surface area contributed by atoms with Crippen molar-refractivity contribution in [1.82, 2.24) is 4.57 Å². The van der Waals surface area contributed by atoms with Gasteiger partial charge in [0.25, 0.3) is 0 Å². The summed E-state index contributed by atoms with van der Waals surface area (Å²) >= 11 is 0. The molecule has 148 valence electrons. The van der Waals surface area contributed by atoms with E-state index in [1.54, 1.807) is 4.57 Å². The van der Waals surface area contributed by atoms with Crippen molar-refractivity contribution < 1.29 is 14.7 Å². The van der Waals surface area contributed by atoms with Crippen LogP contribution in [0, 0.1) is 5.92 Å². The second-order valence-corrected chi connectivity index (χ2v) is 14.2. The number of aliphatic carboxylic acids is 1. The number of benzene rings is 1. The smallest absolute Gasteiger partial charge is 0.330 e. The van der Waals surface area contributed by atoms with Crippen LogP contribution in [0.2, 0.25) is 18.1 Å². The van der Waals surface area contributed by atoms with E-state index in [1.807, 2.05) is 36.4 Å². The average Bonchev–Trinajstić information content (AvgIpc) is 2.57. The van der Waals surface area contributed by atoms with Crippen LogP contribution in [-0.4, -0.2) is 35.3 Å². The standard InChI is InChI=1S/C22H33NO3Si/c1-7-8-10-15-18-19(24)23(27(5,6)21(2,3)4)22(18,20(25)26)16-17-13-11-9-12-14-17/h7,9,11-14,18H,1,8,10,15-16H2,2-6H3,(H,25,26)/t18-,22-/m0/s1. The number of allylic oxidation sites excluding steroid dienone is 1. The predicted octanol–water partition coefficient (Wildman–Crippen LogP) is 4.87. The van der Waals surface area contributed by atoms with Crippen LogP contribution in [0.5, 0.6) is 0 Å². The van der Waals surface area contributed by atoms with Crippen LogP contribution in [0.15, 0.2) is 43.0 Å². The van der Waals surface area contributed by atoms with Gasteiger partial charge in [0.1, 0.15) is 5.54 Å². The third kappa shape index (κ3) is 3.62. The fraction of sp³-hybridized carbons (Fsp3) is 0.545. The summed E-state index contributed by atoms with van der Waals surface area (Å²) in [5.41, 5.74) is -0.187. The number of amides is 1. The number of hydrogen-bond acceptors (Lipinski definition) is 2. The molecular weight excluding hydrogens is 354 g/mol. The molecule has 1 heterocycles. The van der Waals surface area contributed by atoms with E-state index in [4.69, 9.17) is 0 Å². The van der Waals surface area contributed by atoms with Crippen molar-refractivity contribution in [3.63, 3.8) is 0 Å². The van der Waals surface area contributed by atoms with E-state index in [1.165, 1.54) is 0 Å². The lowest BCUT2D eigenvalue weighted by Crippen LogP contribution is -2.83. The van der Waals surface area contributed by atoms with Crippen LogP contribution >= 0.6 is 0 Å². The maximum atomic E-state index is 13.2. The number of rotatable bonds is 8. The third-order valence-electron chi connectivity index (χ3n) is 6.48. The molecule has 27 heavy (non-hydrogen) atoms. The molecule has 1 aromatic rings. The molecule has 1 N–H and O–H groups in total. The zero-order valence-electron chi connectivity index (χ0n) is 17.3. The number of carbonyl (C=O) groups is 2. The highest BCUT2D eigenvalue weighted by molar-refractivity contribution is 6.80. The number of carboxylic acid groups (broad SMARTS) is 1. The molecular formula is C22H33NO3Si. The number of carbonyl (C=O) groups excluding carboxylic acids is 1. The zero-order valence-corrected chi connectivity index (χ0v) is 18.3. The molecule has 0 unspecified atom stereocenters. The van der Waals surface area contributed by atoms with E-state index in [2.05, 4.69) is 40.4 Å². The summed E-state index contributed by atoms with van der Waals surface area (Å²) in [5, 5.41) is 10.3. The van der Waals surface area contributed by atoms with E-state index in [0.717, 1.165) is 18.4 Å². The monoisotopic (exact) mass is 387 g/mol. The molecule has 1 saturated heterocycles. The SMILES string of the molecule is C=CCCC[C@H]1C(=O)N([Si](C)(C)C(C)(C)C)[C@]1(Cc1ccccc1)C(=O)O. The molecule has 4 nitrogen and oxygen atoms in total. The fourth-order valence-electron chi connectivity index (χ4n) is 4.01. The molecule has 0 aliphatic carbocycles. The molecule has 0 radical (unpaired) electrons. The van der Waals surface area contributed by atoms with Crippen molar-refractivity contribution in [3.8, 4) is 0 Å². The Kier molecular flexibility index (Phi) is 6.05. The van der Waals surface area contributed by atoms with Gasteiger partial charge < -0.3 is 9.67 Å². The van der Waals surface area contributed by atoms with Gasteiger partial charge in [0, 0.05) is 6.42 Å². The second kappa shape index (κ2) is 7.62. The minimum Gasteiger partial charge on any atom is -0.479 e. The lowest BCUT2D eigenvalue weighted by atomic mass is 9.69. The van der Waals surface area contributed by atoms with E-state index in [9.17, 15) is 14.7 Å². The lowest BCUT2D eigenvalue weighted by molar-refractivity contribution is -0.179. The summed E-state index contributed by atoms with van der Waals surface area (Å²) in [4.78, 5) is 25.9. The first-order chi connectivity index (χ1) is 12.5. The highest BCUT2D eigenvalue weighted by atomic mass is 28.3. The summed E-state index contributed by atoms with van der Waals surface area (Å²) in [6.45, 7) is 14.3. The van der Waals surface area contributed by atoms with Crippen LogP contribution in [0.3, 0.4) is 0 Å². The maximum Gasteiger partial charge on any atom is 0.330 e. The third-order valence-corrected chi connectivity index (χ3v) is 11.9. The van der Waals surface area contributed by atoms with Crippen molar-refractivity contribution in [2.45, 2.75) is 70.1 Å². The molecule has 0 aromatic heterocycles. The number of carboxylic acids is 1. The highest BCUT2D eigenvalue weighted by Crippen LogP contribution is 2.52. The number of hydrogen-bond donors (Lipinski definition) is 1. The first-order valence-corrected chi connectivity index (χ1v) is 12.7. The van der Waals surface area contributed by atoms with Gasteiger partial charge >= 0.3 is 5.97 Å². The van der Waals surface area contributed by atoms with Gasteiger partial charge in [-0.2, -0.15) is 0 Å². The molecule has 1 aliphatic rings. The first kappa shape index (κ1) is 21.4. The van der Waals surface area contributed by atoms with Crippen LogP contribution in [0.4, 0.5) is 0 Å². The predicted molar refractivity (Wildman–Crippen MR) is 112 cm³/mol. The molecule has 1 aromatic carbocycles. The van der Waals surface area contributed by atoms with Crippen molar-refractivity contribution in [1.29, 1.82) is 0 Å². The van der Waals surface area contributed by atoms with E-state index in [-0.39, 0.29) is 10.9 Å². The van der Waals surface area contributed by atoms with Gasteiger partial charge in [-0.05, 0) is 29.9 Å². The highest BCUT2D eigenvalue weighted by Gasteiger charge is 2.69. The Morgan fingerprint density at radius 2 is 1.89 bits per heavy atom. The van der Waals surface area contributed by atoms with Gasteiger partial charge in [-0.25, -0.2) is 4.79 Å². The van der Waals surface area contributed by atoms with Crippen molar-refractivity contribution in [3.05, 3.63) is 48.6 Å². The summed E-state index contributed by atoms with van der Waals surface area (Å²) in [5.74, 6) is -1.33. The molecule has 0 bridgehead atoms. The molecule has 1 fully saturated rings. The van der Waals surface area contributed by atoms with Crippen molar-refractivity contribution in [2.24, 2.45) is 5.92 Å². The summed E-state index contributed by atoms with van der Waals surface area (Å²) < 4.78 is 1.80. The molecule has 2 rings (SSSR count). The zero-order chi connectivity index (χ0) is 20.5. The molecule has 1 amide bonds. The van der Waals surface area contributed by atoms with Gasteiger partial charge in [-0.1, -0.05) is 70.3 Å². The van der Waals surface area contributed by atoms with Gasteiger partial charge in [0.2, 0.25) is 5.91 Å². The molecule has 5 heteroatoms. The Labute approximate surface area is 164 Å². The number of β-lactam (4-membered cyclic amide) rings is 1. The van der Waals surface area contributed by atoms with Gasteiger partial charge in [0.15, 0.2) is 8.24 Å². The minimum absolute atomic E-state index is 0.0176. The Balaban J connectivity index is 2.52. The van der Waals surface area contributed by atoms with Crippen molar-refractivity contribution >= 4 is 20.1 Å². The Morgan fingerprint density at radius 3 is 2.37 bits per heavy atom. The normalized spacial score (nSPS) is 23.1. The summed E-state index contributed by atoms with van der Waals surface area (Å²) in [7, 11) is -2.34. The maximum absolute atomic E-state index is 13.2. The topological polar surface area (TPSA) is 57.6 Å². The molecule has 0 saturated carbocycles. The van der Waals surface area contributed by atoms with E-state index >= 15 is 0 Å². The fourth-order valence-corrected chi connectivity index (χ4v) is 6.72. The van der Waals surface area contributed by atoms with E-state index in [0.29, 0.717) is 12.8 Å². The summed E-state index contributed by atoms with van der Waals surface area (Å²) in [6, 6.07) is 9.69. The lowest BCUT2D eigenvalue weighted by Gasteiger charge is -2.63. The number of unbranched alkanes of at least 4 members (excludes halogenated alkanes) is 1. The summed E-state index contributed by atoms with van der Waals surface area (Å²) in [6.07, 6.45) is 4.36. The number of nitrogens with zero attached hydrogens (tertiary/aromatic N) is 1. The Bertz CT molecular complexity index is 708.